The van der Waals surface area contributed by atoms with Crippen molar-refractivity contribution in [3.05, 3.63) is 41.7 Å². The summed E-state index contributed by atoms with van der Waals surface area (Å²) >= 11 is 0. The number of rotatable bonds is 4. The molecule has 0 saturated carbocycles. The first kappa shape index (κ1) is 14.8. The maximum Gasteiger partial charge on any atom is 0.275 e. The van der Waals surface area contributed by atoms with Crippen molar-refractivity contribution in [1.29, 1.82) is 0 Å². The number of H-pyrrole nitrogens is 1. The van der Waals surface area contributed by atoms with E-state index in [9.17, 15) is 4.79 Å². The van der Waals surface area contributed by atoms with Crippen LogP contribution in [0.3, 0.4) is 0 Å². The summed E-state index contributed by atoms with van der Waals surface area (Å²) in [5.74, 6) is 1.09. The number of hydrogen-bond donors (Lipinski definition) is 1. The van der Waals surface area contributed by atoms with Crippen LogP contribution in [0, 0.1) is 0 Å². The number of nitrogens with zero attached hydrogens (tertiary/aromatic N) is 4. The van der Waals surface area contributed by atoms with Crippen LogP contribution in [0.5, 0.6) is 0 Å². The lowest BCUT2D eigenvalue weighted by Gasteiger charge is -2.14. The first-order chi connectivity index (χ1) is 11.8. The highest BCUT2D eigenvalue weighted by atomic mass is 16.5. The monoisotopic (exact) mass is 327 g/mol. The van der Waals surface area contributed by atoms with Crippen LogP contribution in [0.15, 0.2) is 28.8 Å². The molecular formula is C16H17N5O3. The van der Waals surface area contributed by atoms with Gasteiger partial charge < -0.3 is 14.2 Å². The summed E-state index contributed by atoms with van der Waals surface area (Å²) < 4.78 is 10.1. The zero-order chi connectivity index (χ0) is 16.5. The highest BCUT2D eigenvalue weighted by molar-refractivity contribution is 6.04. The van der Waals surface area contributed by atoms with Crippen molar-refractivity contribution in [3.63, 3.8) is 0 Å². The number of benzene rings is 1. The predicted octanol–water partition coefficient (Wildman–Crippen LogP) is 1.72. The maximum absolute atomic E-state index is 12.8. The third-order valence-corrected chi connectivity index (χ3v) is 4.27. The van der Waals surface area contributed by atoms with Crippen LogP contribution in [-0.4, -0.2) is 51.3 Å². The number of aromatic amines is 1. The number of carbonyl (C=O) groups excluding carboxylic acids is 1. The van der Waals surface area contributed by atoms with Gasteiger partial charge in [-0.25, -0.2) is 0 Å². The number of methoxy groups -OCH3 is 1. The number of fused-ring (bicyclic) bond motifs is 1. The summed E-state index contributed by atoms with van der Waals surface area (Å²) in [6.45, 7) is 1.51. The van der Waals surface area contributed by atoms with Crippen molar-refractivity contribution in [3.8, 4) is 0 Å². The summed E-state index contributed by atoms with van der Waals surface area (Å²) in [5, 5.41) is 11.9. The Hall–Kier alpha value is -2.74. The summed E-state index contributed by atoms with van der Waals surface area (Å²) in [6.07, 6.45) is 0.806. The van der Waals surface area contributed by atoms with Gasteiger partial charge in [-0.15, -0.1) is 0 Å². The molecule has 1 unspecified atom stereocenters. The Morgan fingerprint density at radius 2 is 2.33 bits per heavy atom. The minimum atomic E-state index is -0.0736. The fraction of sp³-hybridized carbons (Fsp3) is 0.375. The smallest absolute Gasteiger partial charge is 0.275 e. The number of likely N-dealkylation sites (tertiary alicyclic amines) is 1. The molecule has 3 aromatic rings. The SMILES string of the molecule is COCc1nc(C2CCN(C(=O)c3n[nH]c4ccccc34)C2)no1. The van der Waals surface area contributed by atoms with Crippen LogP contribution in [0.25, 0.3) is 10.9 Å². The number of aromatic nitrogens is 4. The van der Waals surface area contributed by atoms with Crippen LogP contribution in [0.1, 0.15) is 34.5 Å². The van der Waals surface area contributed by atoms with Gasteiger partial charge in [0, 0.05) is 31.5 Å². The average molecular weight is 327 g/mol. The summed E-state index contributed by atoms with van der Waals surface area (Å²) in [7, 11) is 1.58. The number of hydrogen-bond acceptors (Lipinski definition) is 6. The van der Waals surface area contributed by atoms with E-state index < -0.39 is 0 Å². The lowest BCUT2D eigenvalue weighted by atomic mass is 10.1. The lowest BCUT2D eigenvalue weighted by molar-refractivity contribution is 0.0786. The molecule has 1 fully saturated rings. The molecule has 8 nitrogen and oxygen atoms in total. The van der Waals surface area contributed by atoms with E-state index in [4.69, 9.17) is 9.26 Å². The van der Waals surface area contributed by atoms with Gasteiger partial charge in [0.15, 0.2) is 11.5 Å². The van der Waals surface area contributed by atoms with Crippen molar-refractivity contribution >= 4 is 16.8 Å². The largest absolute Gasteiger partial charge is 0.375 e. The standard InChI is InChI=1S/C16H17N5O3/c1-23-9-13-17-15(20-24-13)10-6-7-21(8-10)16(22)14-11-4-2-3-5-12(11)18-19-14/h2-5,10H,6-9H2,1H3,(H,18,19). The van der Waals surface area contributed by atoms with E-state index in [-0.39, 0.29) is 11.8 Å². The van der Waals surface area contributed by atoms with Gasteiger partial charge in [0.05, 0.1) is 5.52 Å². The second-order valence-electron chi connectivity index (χ2n) is 5.83. The second kappa shape index (κ2) is 6.04. The van der Waals surface area contributed by atoms with Crippen LogP contribution >= 0.6 is 0 Å². The molecule has 1 amide bonds. The minimum Gasteiger partial charge on any atom is -0.375 e. The molecule has 1 aliphatic heterocycles. The predicted molar refractivity (Wildman–Crippen MR) is 84.4 cm³/mol. The van der Waals surface area contributed by atoms with Crippen molar-refractivity contribution < 1.29 is 14.1 Å². The molecular weight excluding hydrogens is 310 g/mol. The third-order valence-electron chi connectivity index (χ3n) is 4.27. The highest BCUT2D eigenvalue weighted by Gasteiger charge is 2.32. The van der Waals surface area contributed by atoms with E-state index in [0.717, 1.165) is 17.3 Å². The molecule has 124 valence electrons. The Kier molecular flexibility index (Phi) is 3.73. The first-order valence-electron chi connectivity index (χ1n) is 7.80. The molecule has 0 bridgehead atoms. The topological polar surface area (TPSA) is 97.1 Å². The maximum atomic E-state index is 12.8. The van der Waals surface area contributed by atoms with E-state index in [1.54, 1.807) is 12.0 Å². The normalized spacial score (nSPS) is 17.7. The quantitative estimate of drug-likeness (QED) is 0.783. The molecule has 24 heavy (non-hydrogen) atoms. The van der Waals surface area contributed by atoms with Gasteiger partial charge in [-0.05, 0) is 12.5 Å². The number of ether oxygens (including phenoxy) is 1. The van der Waals surface area contributed by atoms with Crippen LogP contribution < -0.4 is 0 Å². The molecule has 4 rings (SSSR count). The van der Waals surface area contributed by atoms with Gasteiger partial charge in [0.25, 0.3) is 11.8 Å². The summed E-state index contributed by atoms with van der Waals surface area (Å²) in [6, 6.07) is 7.62. The minimum absolute atomic E-state index is 0.0736. The van der Waals surface area contributed by atoms with E-state index in [0.29, 0.717) is 37.1 Å². The van der Waals surface area contributed by atoms with E-state index in [1.807, 2.05) is 24.3 Å². The fourth-order valence-electron chi connectivity index (χ4n) is 3.05. The molecule has 0 spiro atoms. The van der Waals surface area contributed by atoms with Crippen molar-refractivity contribution in [2.24, 2.45) is 0 Å². The fourth-order valence-corrected chi connectivity index (χ4v) is 3.05. The second-order valence-corrected chi connectivity index (χ2v) is 5.83. The number of nitrogens with one attached hydrogen (secondary N) is 1. The Labute approximate surface area is 137 Å². The molecule has 1 atom stereocenters. The highest BCUT2D eigenvalue weighted by Crippen LogP contribution is 2.27. The molecule has 0 radical (unpaired) electrons. The number of para-hydroxylation sites is 1. The van der Waals surface area contributed by atoms with Crippen molar-refractivity contribution in [2.75, 3.05) is 20.2 Å². The Balaban J connectivity index is 1.50. The Morgan fingerprint density at radius 1 is 1.46 bits per heavy atom. The molecule has 1 N–H and O–H groups in total. The molecule has 8 heteroatoms. The molecule has 3 heterocycles. The molecule has 2 aromatic heterocycles. The van der Waals surface area contributed by atoms with Gasteiger partial charge in [0.1, 0.15) is 6.61 Å². The van der Waals surface area contributed by atoms with Gasteiger partial charge in [-0.2, -0.15) is 10.1 Å². The van der Waals surface area contributed by atoms with E-state index in [2.05, 4.69) is 20.3 Å². The average Bonchev–Trinajstić information content (AvgIpc) is 3.33. The number of carbonyl (C=O) groups is 1. The van der Waals surface area contributed by atoms with Crippen LogP contribution in [-0.2, 0) is 11.3 Å². The summed E-state index contributed by atoms with van der Waals surface area (Å²) in [5.41, 5.74) is 1.32. The third kappa shape index (κ3) is 2.54. The first-order valence-corrected chi connectivity index (χ1v) is 7.80. The van der Waals surface area contributed by atoms with Crippen LogP contribution in [0.2, 0.25) is 0 Å². The number of amides is 1. The van der Waals surface area contributed by atoms with Crippen molar-refractivity contribution in [2.45, 2.75) is 18.9 Å². The van der Waals surface area contributed by atoms with E-state index >= 15 is 0 Å². The van der Waals surface area contributed by atoms with E-state index in [1.165, 1.54) is 0 Å². The molecule has 1 aliphatic rings. The zero-order valence-corrected chi connectivity index (χ0v) is 13.2. The van der Waals surface area contributed by atoms with Gasteiger partial charge in [0.2, 0.25) is 0 Å². The Bertz CT molecular complexity index is 871. The van der Waals surface area contributed by atoms with Gasteiger partial charge >= 0.3 is 0 Å². The molecule has 1 saturated heterocycles. The van der Waals surface area contributed by atoms with Crippen LogP contribution in [0.4, 0.5) is 0 Å². The van der Waals surface area contributed by atoms with Gasteiger partial charge in [-0.3, -0.25) is 9.89 Å². The molecule has 0 aliphatic carbocycles. The molecule has 1 aromatic carbocycles. The van der Waals surface area contributed by atoms with Crippen molar-refractivity contribution in [1.82, 2.24) is 25.2 Å². The summed E-state index contributed by atoms with van der Waals surface area (Å²) in [4.78, 5) is 18.9. The Morgan fingerprint density at radius 3 is 3.21 bits per heavy atom. The lowest BCUT2D eigenvalue weighted by Crippen LogP contribution is -2.29. The zero-order valence-electron chi connectivity index (χ0n) is 13.2. The van der Waals surface area contributed by atoms with Gasteiger partial charge in [-0.1, -0.05) is 23.4 Å².